The number of rotatable bonds is 8. The van der Waals surface area contributed by atoms with E-state index in [2.05, 4.69) is 5.32 Å². The first kappa shape index (κ1) is 23.0. The number of aromatic carboxylic acids is 1. The summed E-state index contributed by atoms with van der Waals surface area (Å²) in [5, 5.41) is 11.2. The Morgan fingerprint density at radius 3 is 2.41 bits per heavy atom. The van der Waals surface area contributed by atoms with Gasteiger partial charge in [-0.25, -0.2) is 4.79 Å². The fraction of sp³-hybridized carbons (Fsp3) is 0.167. The molecule has 1 saturated heterocycles. The monoisotopic (exact) mass is 450 g/mol. The lowest BCUT2D eigenvalue weighted by atomic mass is 10.1. The predicted octanol–water partition coefficient (Wildman–Crippen LogP) is 4.79. The maximum atomic E-state index is 12.6. The normalized spacial score (nSPS) is 15.3. The number of nitrogens with zero attached hydrogens (tertiary/aromatic N) is 1. The van der Waals surface area contributed by atoms with E-state index < -0.39 is 5.97 Å². The van der Waals surface area contributed by atoms with Crippen molar-refractivity contribution in [2.75, 3.05) is 11.9 Å². The van der Waals surface area contributed by atoms with Crippen LogP contribution in [-0.4, -0.2) is 39.6 Å². The van der Waals surface area contributed by atoms with Crippen LogP contribution in [0, 0.1) is 0 Å². The van der Waals surface area contributed by atoms with Gasteiger partial charge >= 0.3 is 5.97 Å². The lowest BCUT2D eigenvalue weighted by molar-refractivity contribution is -0.123. The molecule has 0 unspecified atom stereocenters. The van der Waals surface area contributed by atoms with Crippen LogP contribution < -0.4 is 5.32 Å². The third kappa shape index (κ3) is 6.18. The smallest absolute Gasteiger partial charge is 0.335 e. The highest BCUT2D eigenvalue weighted by Crippen LogP contribution is 2.32. The van der Waals surface area contributed by atoms with Gasteiger partial charge in [-0.2, -0.15) is 0 Å². The van der Waals surface area contributed by atoms with Crippen molar-refractivity contribution >= 4 is 46.5 Å². The molecule has 1 heterocycles. The second-order valence-corrected chi connectivity index (χ2v) is 8.16. The van der Waals surface area contributed by atoms with Crippen molar-refractivity contribution in [3.8, 4) is 0 Å². The van der Waals surface area contributed by atoms with E-state index >= 15 is 0 Å². The van der Waals surface area contributed by atoms with Gasteiger partial charge in [0.2, 0.25) is 5.91 Å². The quantitative estimate of drug-likeness (QED) is 0.561. The van der Waals surface area contributed by atoms with Gasteiger partial charge in [0.1, 0.15) is 0 Å². The van der Waals surface area contributed by atoms with Gasteiger partial charge in [-0.15, -0.1) is 0 Å². The SMILES string of the molecule is CC(=C\c1ccccc1)/C=C1/SC(=O)N(CCCC(=O)Nc2ccc(C(=O)O)cc2)C1=O. The first-order valence-corrected chi connectivity index (χ1v) is 10.8. The molecule has 0 atom stereocenters. The molecule has 0 radical (unpaired) electrons. The summed E-state index contributed by atoms with van der Waals surface area (Å²) < 4.78 is 0. The molecule has 0 spiro atoms. The zero-order chi connectivity index (χ0) is 23.1. The minimum atomic E-state index is -1.04. The second kappa shape index (κ2) is 10.6. The van der Waals surface area contributed by atoms with Crippen molar-refractivity contribution in [2.24, 2.45) is 0 Å². The van der Waals surface area contributed by atoms with Crippen molar-refractivity contribution in [3.05, 3.63) is 82.3 Å². The van der Waals surface area contributed by atoms with Crippen LogP contribution in [0.25, 0.3) is 6.08 Å². The molecule has 0 saturated carbocycles. The number of carbonyl (C=O) groups is 4. The van der Waals surface area contributed by atoms with Gasteiger partial charge in [-0.1, -0.05) is 36.4 Å². The van der Waals surface area contributed by atoms with Gasteiger partial charge in [0.05, 0.1) is 10.5 Å². The molecule has 3 amide bonds. The van der Waals surface area contributed by atoms with Gasteiger partial charge in [0, 0.05) is 18.7 Å². The molecule has 32 heavy (non-hydrogen) atoms. The highest BCUT2D eigenvalue weighted by molar-refractivity contribution is 8.18. The van der Waals surface area contributed by atoms with Crippen LogP contribution in [-0.2, 0) is 9.59 Å². The molecule has 8 heteroatoms. The van der Waals surface area contributed by atoms with E-state index in [1.807, 2.05) is 43.3 Å². The Balaban J connectivity index is 1.51. The Kier molecular flexibility index (Phi) is 7.62. The van der Waals surface area contributed by atoms with Crippen LogP contribution in [0.5, 0.6) is 0 Å². The third-order valence-corrected chi connectivity index (χ3v) is 5.53. The molecule has 2 aromatic rings. The Hall–Kier alpha value is -3.65. The fourth-order valence-corrected chi connectivity index (χ4v) is 3.99. The number of allylic oxidation sites excluding steroid dienone is 2. The average molecular weight is 451 g/mol. The summed E-state index contributed by atoms with van der Waals surface area (Å²) in [4.78, 5) is 49.3. The molecule has 0 bridgehead atoms. The Bertz CT molecular complexity index is 1090. The highest BCUT2D eigenvalue weighted by Gasteiger charge is 2.34. The van der Waals surface area contributed by atoms with E-state index in [9.17, 15) is 19.2 Å². The van der Waals surface area contributed by atoms with E-state index in [1.54, 1.807) is 6.08 Å². The molecular weight excluding hydrogens is 428 g/mol. The molecule has 2 aromatic carbocycles. The lowest BCUT2D eigenvalue weighted by Crippen LogP contribution is -2.29. The summed E-state index contributed by atoms with van der Waals surface area (Å²) in [6.45, 7) is 2.02. The van der Waals surface area contributed by atoms with Gasteiger partial charge in [0.15, 0.2) is 0 Å². The van der Waals surface area contributed by atoms with Crippen LogP contribution in [0.4, 0.5) is 10.5 Å². The molecular formula is C24H22N2O5S. The first-order valence-electron chi connectivity index (χ1n) is 9.95. The summed E-state index contributed by atoms with van der Waals surface area (Å²) in [6.07, 6.45) is 4.07. The van der Waals surface area contributed by atoms with Gasteiger partial charge in [-0.05, 0) is 66.6 Å². The highest BCUT2D eigenvalue weighted by atomic mass is 32.2. The van der Waals surface area contributed by atoms with Gasteiger partial charge in [-0.3, -0.25) is 19.3 Å². The van der Waals surface area contributed by atoms with Crippen LogP contribution in [0.15, 0.2) is 71.2 Å². The Morgan fingerprint density at radius 1 is 1.06 bits per heavy atom. The number of thioether (sulfide) groups is 1. The van der Waals surface area contributed by atoms with Crippen LogP contribution in [0.2, 0.25) is 0 Å². The topological polar surface area (TPSA) is 104 Å². The molecule has 164 valence electrons. The van der Waals surface area contributed by atoms with E-state index in [1.165, 1.54) is 24.3 Å². The van der Waals surface area contributed by atoms with Crippen LogP contribution >= 0.6 is 11.8 Å². The minimum Gasteiger partial charge on any atom is -0.478 e. The molecule has 1 aliphatic heterocycles. The summed E-state index contributed by atoms with van der Waals surface area (Å²) in [5.41, 5.74) is 2.47. The maximum Gasteiger partial charge on any atom is 0.335 e. The average Bonchev–Trinajstić information content (AvgIpc) is 3.02. The van der Waals surface area contributed by atoms with E-state index in [-0.39, 0.29) is 35.6 Å². The maximum absolute atomic E-state index is 12.6. The van der Waals surface area contributed by atoms with Crippen molar-refractivity contribution in [3.63, 3.8) is 0 Å². The number of imide groups is 1. The van der Waals surface area contributed by atoms with E-state index in [4.69, 9.17) is 5.11 Å². The number of nitrogens with one attached hydrogen (secondary N) is 1. The first-order chi connectivity index (χ1) is 15.3. The van der Waals surface area contributed by atoms with Crippen molar-refractivity contribution < 1.29 is 24.3 Å². The lowest BCUT2D eigenvalue weighted by Gasteiger charge is -2.12. The number of hydrogen-bond acceptors (Lipinski definition) is 5. The predicted molar refractivity (Wildman–Crippen MR) is 124 cm³/mol. The van der Waals surface area contributed by atoms with Gasteiger partial charge in [0.25, 0.3) is 11.1 Å². The largest absolute Gasteiger partial charge is 0.478 e. The zero-order valence-corrected chi connectivity index (χ0v) is 18.2. The molecule has 0 aromatic heterocycles. The summed E-state index contributed by atoms with van der Waals surface area (Å²) in [6, 6.07) is 15.5. The molecule has 2 N–H and O–H groups in total. The number of amides is 3. The van der Waals surface area contributed by atoms with Gasteiger partial charge < -0.3 is 10.4 Å². The van der Waals surface area contributed by atoms with Crippen molar-refractivity contribution in [1.82, 2.24) is 4.90 Å². The van der Waals surface area contributed by atoms with E-state index in [0.717, 1.165) is 27.8 Å². The number of benzene rings is 2. The number of carbonyl (C=O) groups excluding carboxylic acids is 3. The Morgan fingerprint density at radius 2 is 1.75 bits per heavy atom. The zero-order valence-electron chi connectivity index (χ0n) is 17.4. The number of anilines is 1. The number of carboxylic acid groups (broad SMARTS) is 1. The van der Waals surface area contributed by atoms with Crippen LogP contribution in [0.1, 0.15) is 35.7 Å². The molecule has 1 fully saturated rings. The third-order valence-electron chi connectivity index (χ3n) is 4.63. The number of carboxylic acids is 1. The number of hydrogen-bond donors (Lipinski definition) is 2. The minimum absolute atomic E-state index is 0.119. The molecule has 1 aliphatic rings. The standard InChI is InChI=1S/C24H22N2O5S/c1-16(14-17-6-3-2-4-7-17)15-20-22(28)26(24(31)32-20)13-5-8-21(27)25-19-11-9-18(10-12-19)23(29)30/h2-4,6-7,9-12,14-15H,5,8,13H2,1H3,(H,25,27)(H,29,30)/b16-14+,20-15+. The fourth-order valence-electron chi connectivity index (χ4n) is 3.07. The van der Waals surface area contributed by atoms with Crippen LogP contribution in [0.3, 0.4) is 0 Å². The molecule has 7 nitrogen and oxygen atoms in total. The molecule has 3 rings (SSSR count). The summed E-state index contributed by atoms with van der Waals surface area (Å²) >= 11 is 0.895. The van der Waals surface area contributed by atoms with Crippen molar-refractivity contribution in [2.45, 2.75) is 19.8 Å². The molecule has 0 aliphatic carbocycles. The van der Waals surface area contributed by atoms with E-state index in [0.29, 0.717) is 17.0 Å². The summed E-state index contributed by atoms with van der Waals surface area (Å²) in [7, 11) is 0. The summed E-state index contributed by atoms with van der Waals surface area (Å²) in [5.74, 6) is -1.68. The second-order valence-electron chi connectivity index (χ2n) is 7.17. The Labute approximate surface area is 189 Å². The van der Waals surface area contributed by atoms with Crippen molar-refractivity contribution in [1.29, 1.82) is 0 Å².